The maximum Gasteiger partial charge on any atom is 0.266 e. The van der Waals surface area contributed by atoms with Crippen molar-refractivity contribution in [2.24, 2.45) is 11.8 Å². The third kappa shape index (κ3) is 5.47. The lowest BCUT2D eigenvalue weighted by Crippen LogP contribution is -2.41. The summed E-state index contributed by atoms with van der Waals surface area (Å²) in [4.78, 5) is 16.1. The van der Waals surface area contributed by atoms with E-state index >= 15 is 0 Å². The number of hydrogen-bond acceptors (Lipinski definition) is 7. The molecule has 8 heteroatoms. The maximum atomic E-state index is 13.5. The molecule has 1 aromatic heterocycles. The van der Waals surface area contributed by atoms with Crippen molar-refractivity contribution in [1.29, 1.82) is 0 Å². The zero-order valence-corrected chi connectivity index (χ0v) is 23.2. The fourth-order valence-corrected chi connectivity index (χ4v) is 7.43. The molecule has 2 heterocycles. The third-order valence-electron chi connectivity index (χ3n) is 7.99. The second kappa shape index (κ2) is 11.6. The number of ether oxygens (including phenoxy) is 2. The minimum atomic E-state index is 0.0152. The maximum absolute atomic E-state index is 13.5. The van der Waals surface area contributed by atoms with E-state index in [9.17, 15) is 4.79 Å². The van der Waals surface area contributed by atoms with Gasteiger partial charge in [0, 0.05) is 24.8 Å². The van der Waals surface area contributed by atoms with E-state index in [-0.39, 0.29) is 18.6 Å². The minimum Gasteiger partial charge on any atom is -0.497 e. The molecule has 3 aliphatic rings. The van der Waals surface area contributed by atoms with Crippen LogP contribution in [0.15, 0.2) is 33.6 Å². The number of carbonyl (C=O) groups is 1. The van der Waals surface area contributed by atoms with Gasteiger partial charge in [-0.2, -0.15) is 0 Å². The van der Waals surface area contributed by atoms with Gasteiger partial charge in [-0.3, -0.25) is 9.69 Å². The number of rotatable bonds is 11. The van der Waals surface area contributed by atoms with Crippen molar-refractivity contribution in [3.05, 3.63) is 40.5 Å². The van der Waals surface area contributed by atoms with Gasteiger partial charge in [0.25, 0.3) is 5.91 Å². The molecule has 6 nitrogen and oxygen atoms in total. The Labute approximate surface area is 228 Å². The van der Waals surface area contributed by atoms with Crippen molar-refractivity contribution >= 4 is 40.3 Å². The first-order valence-electron chi connectivity index (χ1n) is 13.3. The van der Waals surface area contributed by atoms with Crippen molar-refractivity contribution in [2.45, 2.75) is 63.8 Å². The smallest absolute Gasteiger partial charge is 0.266 e. The molecular weight excluding hydrogens is 506 g/mol. The summed E-state index contributed by atoms with van der Waals surface area (Å²) < 4.78 is 18.0. The Morgan fingerprint density at radius 2 is 1.97 bits per heavy atom. The van der Waals surface area contributed by atoms with Crippen LogP contribution in [0.2, 0.25) is 0 Å². The summed E-state index contributed by atoms with van der Waals surface area (Å²) in [6.45, 7) is 0.225. The van der Waals surface area contributed by atoms with Crippen molar-refractivity contribution in [3.63, 3.8) is 0 Å². The molecular formula is C29H35NO5S2. The topological polar surface area (TPSA) is 72.1 Å². The van der Waals surface area contributed by atoms with Crippen LogP contribution in [0.3, 0.4) is 0 Å². The quantitative estimate of drug-likeness (QED) is 0.199. The van der Waals surface area contributed by atoms with Gasteiger partial charge in [-0.05, 0) is 74.1 Å². The molecule has 2 saturated carbocycles. The first-order valence-corrected chi connectivity index (χ1v) is 14.5. The van der Waals surface area contributed by atoms with Crippen LogP contribution in [0.5, 0.6) is 11.5 Å². The van der Waals surface area contributed by atoms with E-state index in [4.69, 9.17) is 31.2 Å². The van der Waals surface area contributed by atoms with Crippen LogP contribution in [0.25, 0.3) is 17.4 Å². The number of hydrogen-bond donors (Lipinski definition) is 1. The standard InChI is InChI=1S/C29H35NO5S2/c1-33-21-10-11-22(25(16-21)34-2)26-15-20(7-5-3-4-6-12-31)24(35-26)17-27-28(32)30(29(36)37-27)23-14-18-8-9-19(23)13-18/h10-11,15-19,23,31H,3-9,12-14H2,1-2H3/b27-17-. The molecule has 0 spiro atoms. The number of aryl methyl sites for hydroxylation is 1. The van der Waals surface area contributed by atoms with Gasteiger partial charge in [0.05, 0.1) is 24.7 Å². The number of methoxy groups -OCH3 is 2. The van der Waals surface area contributed by atoms with Gasteiger partial charge in [0.2, 0.25) is 0 Å². The number of thiocarbonyl (C=S) groups is 1. The highest BCUT2D eigenvalue weighted by atomic mass is 32.2. The van der Waals surface area contributed by atoms with E-state index in [1.807, 2.05) is 29.2 Å². The second-order valence-electron chi connectivity index (χ2n) is 10.2. The number of nitrogens with zero attached hydrogens (tertiary/aromatic N) is 1. The lowest BCUT2D eigenvalue weighted by Gasteiger charge is -2.30. The van der Waals surface area contributed by atoms with E-state index in [1.165, 1.54) is 31.0 Å². The zero-order valence-electron chi connectivity index (χ0n) is 21.5. The van der Waals surface area contributed by atoms with Crippen LogP contribution in [0.1, 0.15) is 62.7 Å². The van der Waals surface area contributed by atoms with Gasteiger partial charge >= 0.3 is 0 Å². The first kappa shape index (κ1) is 26.3. The van der Waals surface area contributed by atoms with Crippen LogP contribution in [-0.4, -0.2) is 47.1 Å². The van der Waals surface area contributed by atoms with Gasteiger partial charge in [-0.1, -0.05) is 43.2 Å². The number of carbonyl (C=O) groups excluding carboxylic acids is 1. The molecule has 37 heavy (non-hydrogen) atoms. The van der Waals surface area contributed by atoms with Crippen LogP contribution in [-0.2, 0) is 11.2 Å². The summed E-state index contributed by atoms with van der Waals surface area (Å²) in [7, 11) is 3.26. The minimum absolute atomic E-state index is 0.0152. The Hall–Kier alpha value is -2.29. The van der Waals surface area contributed by atoms with Crippen LogP contribution in [0.4, 0.5) is 0 Å². The van der Waals surface area contributed by atoms with Crippen molar-refractivity contribution in [3.8, 4) is 22.8 Å². The molecule has 2 aromatic rings. The molecule has 1 saturated heterocycles. The van der Waals surface area contributed by atoms with Crippen LogP contribution >= 0.6 is 24.0 Å². The van der Waals surface area contributed by atoms with Crippen molar-refractivity contribution in [2.75, 3.05) is 20.8 Å². The molecule has 1 N–H and O–H groups in total. The summed E-state index contributed by atoms with van der Waals surface area (Å²) in [5.74, 6) is 4.11. The molecule has 1 aliphatic heterocycles. The average Bonchev–Trinajstić information content (AvgIpc) is 3.68. The highest BCUT2D eigenvalue weighted by molar-refractivity contribution is 8.26. The number of amides is 1. The first-order chi connectivity index (χ1) is 18.0. The Morgan fingerprint density at radius 3 is 2.68 bits per heavy atom. The van der Waals surface area contributed by atoms with E-state index in [0.717, 1.165) is 55.6 Å². The largest absolute Gasteiger partial charge is 0.497 e. The number of furan rings is 1. The Balaban J connectivity index is 1.43. The SMILES string of the molecule is COc1ccc(-c2cc(CCCCCCO)c(/C=C3\SC(=S)N(C4CC5CCC4C5)C3=O)o2)c(OC)c1. The lowest BCUT2D eigenvalue weighted by atomic mass is 9.94. The zero-order chi connectivity index (χ0) is 25.9. The van der Waals surface area contributed by atoms with Crippen LogP contribution < -0.4 is 9.47 Å². The normalized spacial score (nSPS) is 24.0. The second-order valence-corrected chi connectivity index (χ2v) is 11.9. The van der Waals surface area contributed by atoms with Gasteiger partial charge < -0.3 is 19.0 Å². The van der Waals surface area contributed by atoms with Crippen molar-refractivity contribution < 1.29 is 23.8 Å². The highest BCUT2D eigenvalue weighted by Crippen LogP contribution is 2.49. The predicted molar refractivity (Wildman–Crippen MR) is 151 cm³/mol. The average molecular weight is 542 g/mol. The molecule has 0 radical (unpaired) electrons. The number of benzene rings is 1. The van der Waals surface area contributed by atoms with Gasteiger partial charge in [0.15, 0.2) is 0 Å². The molecule has 3 unspecified atom stereocenters. The molecule has 1 amide bonds. The van der Waals surface area contributed by atoms with Gasteiger partial charge in [-0.15, -0.1) is 0 Å². The number of aliphatic hydroxyl groups is 1. The highest BCUT2D eigenvalue weighted by Gasteiger charge is 2.48. The fraction of sp³-hybridized carbons (Fsp3) is 0.517. The van der Waals surface area contributed by atoms with Crippen LogP contribution in [0, 0.1) is 11.8 Å². The predicted octanol–water partition coefficient (Wildman–Crippen LogP) is 6.45. The number of thioether (sulfide) groups is 1. The fourth-order valence-electron chi connectivity index (χ4n) is 6.09. The molecule has 198 valence electrons. The summed E-state index contributed by atoms with van der Waals surface area (Å²) in [5, 5.41) is 9.09. The van der Waals surface area contributed by atoms with Gasteiger partial charge in [-0.25, -0.2) is 0 Å². The number of aliphatic hydroxyl groups excluding tert-OH is 1. The van der Waals surface area contributed by atoms with Crippen molar-refractivity contribution in [1.82, 2.24) is 4.90 Å². The van der Waals surface area contributed by atoms with Gasteiger partial charge in [0.1, 0.15) is 27.3 Å². The summed E-state index contributed by atoms with van der Waals surface area (Å²) in [6, 6.07) is 7.96. The summed E-state index contributed by atoms with van der Waals surface area (Å²) in [6.07, 6.45) is 11.3. The number of unbranched alkanes of at least 4 members (excludes halogenated alkanes) is 3. The third-order valence-corrected chi connectivity index (χ3v) is 9.32. The molecule has 2 aliphatic carbocycles. The summed E-state index contributed by atoms with van der Waals surface area (Å²) in [5.41, 5.74) is 1.89. The Morgan fingerprint density at radius 1 is 1.14 bits per heavy atom. The van der Waals surface area contributed by atoms with E-state index in [1.54, 1.807) is 14.2 Å². The van der Waals surface area contributed by atoms with E-state index < -0.39 is 0 Å². The lowest BCUT2D eigenvalue weighted by molar-refractivity contribution is -0.124. The number of fused-ring (bicyclic) bond motifs is 2. The van der Waals surface area contributed by atoms with E-state index in [0.29, 0.717) is 38.2 Å². The molecule has 1 aromatic carbocycles. The van der Waals surface area contributed by atoms with E-state index in [2.05, 4.69) is 6.07 Å². The Kier molecular flexibility index (Phi) is 8.27. The monoisotopic (exact) mass is 541 g/mol. The molecule has 3 atom stereocenters. The Bertz CT molecular complexity index is 1190. The molecule has 2 bridgehead atoms. The summed E-state index contributed by atoms with van der Waals surface area (Å²) >= 11 is 7.08. The molecule has 5 rings (SSSR count). The molecule has 3 fully saturated rings.